The van der Waals surface area contributed by atoms with Crippen LogP contribution in [0.1, 0.15) is 18.0 Å². The molecule has 1 aliphatic heterocycles. The number of aromatic nitrogens is 4. The molecule has 0 saturated carbocycles. The molecule has 4 atom stereocenters. The number of nitrogen functional groups attached to an aromatic ring is 1. The lowest BCUT2D eigenvalue weighted by Crippen LogP contribution is -2.33. The van der Waals surface area contributed by atoms with Gasteiger partial charge in [0.15, 0.2) is 22.5 Å². The van der Waals surface area contributed by atoms with E-state index in [-0.39, 0.29) is 17.1 Å². The topological polar surface area (TPSA) is 169 Å². The third kappa shape index (κ3) is 4.35. The maximum Gasteiger partial charge on any atom is 0.280 e. The molecular formula is C18H23N5O6S2. The number of aromatic amines is 1. The van der Waals surface area contributed by atoms with Gasteiger partial charge in [0.1, 0.15) is 18.3 Å². The highest BCUT2D eigenvalue weighted by Crippen LogP contribution is 2.38. The second-order valence-electron chi connectivity index (χ2n) is 6.91. The molecule has 0 amide bonds. The molecule has 0 radical (unpaired) electrons. The van der Waals surface area contributed by atoms with E-state index >= 15 is 0 Å². The van der Waals surface area contributed by atoms with Gasteiger partial charge in [-0.1, -0.05) is 11.8 Å². The van der Waals surface area contributed by atoms with E-state index in [1.54, 1.807) is 11.3 Å². The molecule has 1 fully saturated rings. The van der Waals surface area contributed by atoms with Crippen molar-refractivity contribution in [1.82, 2.24) is 19.5 Å². The van der Waals surface area contributed by atoms with Crippen LogP contribution in [0.25, 0.3) is 11.2 Å². The normalized spacial score (nSPS) is 23.7. The first-order valence-corrected chi connectivity index (χ1v) is 11.4. The molecule has 0 aliphatic carbocycles. The Morgan fingerprint density at radius 2 is 2.19 bits per heavy atom. The highest BCUT2D eigenvalue weighted by Gasteiger charge is 2.45. The highest BCUT2D eigenvalue weighted by atomic mass is 32.2. The van der Waals surface area contributed by atoms with Gasteiger partial charge in [0.2, 0.25) is 5.95 Å². The van der Waals surface area contributed by atoms with E-state index in [1.807, 2.05) is 18.4 Å². The Morgan fingerprint density at radius 1 is 1.39 bits per heavy atom. The van der Waals surface area contributed by atoms with Crippen LogP contribution in [0.4, 0.5) is 5.95 Å². The molecule has 6 N–H and O–H groups in total. The maximum absolute atomic E-state index is 12.4. The maximum atomic E-state index is 12.4. The van der Waals surface area contributed by atoms with Crippen molar-refractivity contribution < 1.29 is 24.8 Å². The van der Waals surface area contributed by atoms with Gasteiger partial charge >= 0.3 is 0 Å². The molecule has 3 aromatic heterocycles. The van der Waals surface area contributed by atoms with Gasteiger partial charge in [-0.25, -0.2) is 4.98 Å². The van der Waals surface area contributed by atoms with Gasteiger partial charge in [-0.15, -0.1) is 11.3 Å². The van der Waals surface area contributed by atoms with Crippen LogP contribution in [0.2, 0.25) is 0 Å². The van der Waals surface area contributed by atoms with E-state index in [0.29, 0.717) is 18.4 Å². The lowest BCUT2D eigenvalue weighted by molar-refractivity contribution is -0.0548. The Bertz CT molecular complexity index is 1110. The fourth-order valence-electron chi connectivity index (χ4n) is 3.34. The van der Waals surface area contributed by atoms with E-state index in [4.69, 9.17) is 15.2 Å². The van der Waals surface area contributed by atoms with E-state index in [9.17, 15) is 20.1 Å². The summed E-state index contributed by atoms with van der Waals surface area (Å²) >= 11 is 2.85. The molecule has 31 heavy (non-hydrogen) atoms. The number of aliphatic hydroxyl groups is 3. The van der Waals surface area contributed by atoms with Crippen LogP contribution >= 0.6 is 23.1 Å². The molecule has 1 aliphatic rings. The summed E-state index contributed by atoms with van der Waals surface area (Å²) in [5.74, 6) is -0.115. The van der Waals surface area contributed by atoms with Crippen LogP contribution in [0, 0.1) is 0 Å². The Balaban J connectivity index is 1.72. The molecule has 4 heterocycles. The summed E-state index contributed by atoms with van der Waals surface area (Å²) in [6.45, 7) is 2.75. The number of thiophene rings is 1. The number of ether oxygens (including phenoxy) is 2. The lowest BCUT2D eigenvalue weighted by Gasteiger charge is -2.18. The molecule has 3 aromatic rings. The van der Waals surface area contributed by atoms with Gasteiger partial charge in [-0.2, -0.15) is 4.98 Å². The zero-order valence-electron chi connectivity index (χ0n) is 16.6. The number of rotatable bonds is 8. The van der Waals surface area contributed by atoms with Gasteiger partial charge in [-0.3, -0.25) is 14.3 Å². The molecule has 0 bridgehead atoms. The van der Waals surface area contributed by atoms with E-state index < -0.39 is 36.7 Å². The number of nitrogens with zero attached hydrogens (tertiary/aromatic N) is 3. The molecular weight excluding hydrogens is 446 g/mol. The SMILES string of the molecule is CCOCCc1cc(Sc2nc3c(=O)[nH]c(N)nc3n2[C@@H]2O[C@H](CO)[C@@H](O)[C@H]2O)cs1. The zero-order chi connectivity index (χ0) is 22.1. The highest BCUT2D eigenvalue weighted by molar-refractivity contribution is 7.99. The minimum Gasteiger partial charge on any atom is -0.394 e. The number of nitrogens with two attached hydrogens (primary N) is 1. The van der Waals surface area contributed by atoms with E-state index in [0.717, 1.165) is 16.2 Å². The summed E-state index contributed by atoms with van der Waals surface area (Å²) in [5.41, 5.74) is 5.33. The summed E-state index contributed by atoms with van der Waals surface area (Å²) in [4.78, 5) is 25.4. The molecule has 11 nitrogen and oxygen atoms in total. The van der Waals surface area contributed by atoms with E-state index in [2.05, 4.69) is 15.0 Å². The van der Waals surface area contributed by atoms with E-state index in [1.165, 1.54) is 16.3 Å². The van der Waals surface area contributed by atoms with Crippen molar-refractivity contribution in [3.63, 3.8) is 0 Å². The van der Waals surface area contributed by atoms with Gasteiger partial charge in [0.05, 0.1) is 13.2 Å². The number of H-pyrrole nitrogens is 1. The molecule has 0 aromatic carbocycles. The molecule has 13 heteroatoms. The molecule has 0 spiro atoms. The molecule has 168 valence electrons. The third-order valence-electron chi connectivity index (χ3n) is 4.84. The average molecular weight is 470 g/mol. The lowest BCUT2D eigenvalue weighted by atomic mass is 10.1. The fraction of sp³-hybridized carbons (Fsp3) is 0.500. The Morgan fingerprint density at radius 3 is 2.90 bits per heavy atom. The van der Waals surface area contributed by atoms with Crippen LogP contribution in [-0.2, 0) is 15.9 Å². The average Bonchev–Trinajstić information content (AvgIpc) is 3.40. The fourth-order valence-corrected chi connectivity index (χ4v) is 5.32. The van der Waals surface area contributed by atoms with Crippen molar-refractivity contribution in [1.29, 1.82) is 0 Å². The Hall–Kier alpha value is -2.00. The second-order valence-corrected chi connectivity index (χ2v) is 8.95. The van der Waals surface area contributed by atoms with Crippen LogP contribution in [0.3, 0.4) is 0 Å². The third-order valence-corrected chi connectivity index (χ3v) is 6.93. The number of imidazole rings is 1. The van der Waals surface area contributed by atoms with Crippen molar-refractivity contribution in [2.24, 2.45) is 0 Å². The summed E-state index contributed by atoms with van der Waals surface area (Å²) in [7, 11) is 0. The standard InChI is InChI=1S/C18H23N5O6S2/c1-2-28-4-3-8-5-9(7-30-8)31-18-20-11-14(21-17(19)22-15(11)27)23(18)16-13(26)12(25)10(6-24)29-16/h5,7,10,12-13,16,24-26H,2-4,6H2,1H3,(H3,19,21,22,27)/t10-,12-,13-,16-/m1/s1. The Labute approximate surface area is 184 Å². The zero-order valence-corrected chi connectivity index (χ0v) is 18.2. The first-order valence-electron chi connectivity index (χ1n) is 9.66. The van der Waals surface area contributed by atoms with Crippen LogP contribution < -0.4 is 11.3 Å². The summed E-state index contributed by atoms with van der Waals surface area (Å²) in [6.07, 6.45) is -3.98. The quantitative estimate of drug-likeness (QED) is 0.285. The number of anilines is 1. The first-order chi connectivity index (χ1) is 14.9. The van der Waals surface area contributed by atoms with Crippen molar-refractivity contribution in [2.75, 3.05) is 25.6 Å². The number of nitrogens with one attached hydrogen (secondary N) is 1. The monoisotopic (exact) mass is 469 g/mol. The number of fused-ring (bicyclic) bond motifs is 1. The van der Waals surface area contributed by atoms with Gasteiger partial charge in [0, 0.05) is 28.2 Å². The van der Waals surface area contributed by atoms with Gasteiger partial charge in [-0.05, 0) is 13.0 Å². The molecule has 0 unspecified atom stereocenters. The summed E-state index contributed by atoms with van der Waals surface area (Å²) in [6, 6.07) is 2.00. The van der Waals surface area contributed by atoms with Crippen molar-refractivity contribution >= 4 is 40.2 Å². The van der Waals surface area contributed by atoms with Gasteiger partial charge in [0.25, 0.3) is 5.56 Å². The summed E-state index contributed by atoms with van der Waals surface area (Å²) in [5, 5.41) is 32.5. The number of hydrogen-bond donors (Lipinski definition) is 5. The van der Waals surface area contributed by atoms with Crippen LogP contribution in [0.15, 0.2) is 26.3 Å². The largest absolute Gasteiger partial charge is 0.394 e. The Kier molecular flexibility index (Phi) is 6.62. The molecule has 4 rings (SSSR count). The predicted octanol–water partition coefficient (Wildman–Crippen LogP) is 0.105. The van der Waals surface area contributed by atoms with Gasteiger partial charge < -0.3 is 30.5 Å². The summed E-state index contributed by atoms with van der Waals surface area (Å²) < 4.78 is 12.5. The van der Waals surface area contributed by atoms with Crippen molar-refractivity contribution in [2.45, 2.75) is 47.9 Å². The molecule has 1 saturated heterocycles. The second kappa shape index (κ2) is 9.24. The minimum absolute atomic E-state index is 0.0289. The predicted molar refractivity (Wildman–Crippen MR) is 114 cm³/mol. The minimum atomic E-state index is -1.36. The number of aliphatic hydroxyl groups excluding tert-OH is 3. The number of hydrogen-bond acceptors (Lipinski definition) is 11. The first kappa shape index (κ1) is 22.2. The van der Waals surface area contributed by atoms with Crippen molar-refractivity contribution in [3.8, 4) is 0 Å². The smallest absolute Gasteiger partial charge is 0.280 e. The van der Waals surface area contributed by atoms with Crippen LogP contribution in [-0.4, -0.2) is 73.0 Å². The van der Waals surface area contributed by atoms with Crippen molar-refractivity contribution in [3.05, 3.63) is 26.7 Å². The van der Waals surface area contributed by atoms with Crippen LogP contribution in [0.5, 0.6) is 0 Å².